The van der Waals surface area contributed by atoms with E-state index in [1.165, 1.54) is 25.8 Å². The lowest BCUT2D eigenvalue weighted by molar-refractivity contribution is 0.502. The highest BCUT2D eigenvalue weighted by molar-refractivity contribution is 8.24. The summed E-state index contributed by atoms with van der Waals surface area (Å²) in [6.07, 6.45) is 0. The molecule has 1 aromatic heterocycles. The highest BCUT2D eigenvalue weighted by Gasteiger charge is 2.53. The first-order valence-electron chi connectivity index (χ1n) is 6.62. The Hall–Kier alpha value is -0.590. The van der Waals surface area contributed by atoms with Crippen LogP contribution < -0.4 is 5.73 Å². The number of halogens is 2. The lowest BCUT2D eigenvalue weighted by Gasteiger charge is -2.19. The first kappa shape index (κ1) is 19.7. The van der Waals surface area contributed by atoms with E-state index >= 15 is 0 Å². The molecule has 12 heteroatoms. The van der Waals surface area contributed by atoms with Gasteiger partial charge < -0.3 is 5.73 Å². The van der Waals surface area contributed by atoms with Crippen LogP contribution in [0.3, 0.4) is 0 Å². The van der Waals surface area contributed by atoms with Gasteiger partial charge in [0, 0.05) is 14.1 Å². The van der Waals surface area contributed by atoms with E-state index in [2.05, 4.69) is 4.98 Å². The zero-order valence-corrected chi connectivity index (χ0v) is 17.5. The maximum Gasteiger partial charge on any atom is 0.526 e. The average molecular weight is 427 g/mol. The van der Waals surface area contributed by atoms with Crippen molar-refractivity contribution in [3.63, 3.8) is 0 Å². The van der Waals surface area contributed by atoms with E-state index in [0.29, 0.717) is 16.1 Å². The van der Waals surface area contributed by atoms with Crippen molar-refractivity contribution in [1.82, 2.24) is 18.7 Å². The fourth-order valence-electron chi connectivity index (χ4n) is 2.13. The fraction of sp³-hybridized carbons (Fsp3) is 0.333. The van der Waals surface area contributed by atoms with Gasteiger partial charge in [-0.05, 0) is 30.8 Å². The molecule has 24 heavy (non-hydrogen) atoms. The normalized spacial score (nSPS) is 15.1. The predicted octanol–water partition coefficient (Wildman–Crippen LogP) is 3.80. The molecule has 1 heterocycles. The Bertz CT molecular complexity index is 899. The van der Waals surface area contributed by atoms with Crippen LogP contribution >= 0.6 is 50.2 Å². The van der Waals surface area contributed by atoms with Gasteiger partial charge in [-0.15, -0.1) is 0 Å². The number of hydrogen-bond acceptors (Lipinski definition) is 4. The number of imidazole rings is 1. The Balaban J connectivity index is 2.98. The highest BCUT2D eigenvalue weighted by Crippen LogP contribution is 2.72. The minimum Gasteiger partial charge on any atom is -0.387 e. The van der Waals surface area contributed by atoms with Crippen LogP contribution in [0.5, 0.6) is 0 Å². The van der Waals surface area contributed by atoms with Gasteiger partial charge in [-0.3, -0.25) is 0 Å². The van der Waals surface area contributed by atoms with Gasteiger partial charge in [0.2, 0.25) is 0 Å². The standard InChI is InChI=1S/C12H15Cl2N5O2P2S/c1-17(2)22(20)23(21,18(3)4)19-10-6-8(14)7(13)5-9(10)16-12(19)11(15)24/h5-6H,1-4H3,(H-,15,24)/p+1. The number of thiocarbonyl (C=S) groups is 1. The van der Waals surface area contributed by atoms with E-state index in [-0.39, 0.29) is 15.8 Å². The molecule has 2 N–H and O–H groups in total. The maximum atomic E-state index is 13.8. The Kier molecular flexibility index (Phi) is 5.72. The number of benzene rings is 1. The van der Waals surface area contributed by atoms with Crippen molar-refractivity contribution in [1.29, 1.82) is 0 Å². The van der Waals surface area contributed by atoms with Crippen LogP contribution in [0, 0.1) is 0 Å². The second-order valence-electron chi connectivity index (χ2n) is 5.33. The molecule has 0 fully saturated rings. The van der Waals surface area contributed by atoms with Gasteiger partial charge in [-0.2, -0.15) is 0 Å². The number of fused-ring (bicyclic) bond motifs is 1. The summed E-state index contributed by atoms with van der Waals surface area (Å²) in [6, 6.07) is 3.04. The van der Waals surface area contributed by atoms with Gasteiger partial charge in [-0.1, -0.05) is 40.1 Å². The molecule has 0 saturated heterocycles. The molecule has 0 saturated carbocycles. The number of rotatable bonds is 5. The van der Waals surface area contributed by atoms with Crippen LogP contribution in [-0.2, 0) is 9.13 Å². The number of aromatic nitrogens is 2. The molecule has 2 aromatic rings. The smallest absolute Gasteiger partial charge is 0.387 e. The molecule has 7 nitrogen and oxygen atoms in total. The van der Waals surface area contributed by atoms with Gasteiger partial charge in [-0.25, -0.2) is 18.6 Å². The Labute approximate surface area is 155 Å². The quantitative estimate of drug-likeness (QED) is 0.574. The zero-order valence-electron chi connectivity index (χ0n) is 13.4. The van der Waals surface area contributed by atoms with Crippen LogP contribution in [0.25, 0.3) is 11.0 Å². The van der Waals surface area contributed by atoms with E-state index in [4.69, 9.17) is 41.2 Å². The molecule has 0 radical (unpaired) electrons. The van der Waals surface area contributed by atoms with Crippen molar-refractivity contribution in [2.75, 3.05) is 28.2 Å². The molecule has 0 aliphatic carbocycles. The summed E-state index contributed by atoms with van der Waals surface area (Å²) < 4.78 is 30.8. The van der Waals surface area contributed by atoms with Crippen molar-refractivity contribution in [3.05, 3.63) is 28.0 Å². The molecule has 0 aliphatic rings. The summed E-state index contributed by atoms with van der Waals surface area (Å²) in [4.78, 5) is 4.25. The first-order chi connectivity index (χ1) is 11.0. The molecule has 130 valence electrons. The molecule has 0 spiro atoms. The molecular weight excluding hydrogens is 411 g/mol. The summed E-state index contributed by atoms with van der Waals surface area (Å²) in [5, 5.41) is 0.546. The van der Waals surface area contributed by atoms with Crippen LogP contribution in [-0.4, -0.2) is 51.8 Å². The lowest BCUT2D eigenvalue weighted by Crippen LogP contribution is -2.22. The Morgan fingerprint density at radius 2 is 1.83 bits per heavy atom. The van der Waals surface area contributed by atoms with Crippen LogP contribution in [0.15, 0.2) is 12.1 Å². The maximum absolute atomic E-state index is 13.8. The van der Waals surface area contributed by atoms with Gasteiger partial charge >= 0.3 is 14.8 Å². The van der Waals surface area contributed by atoms with Gasteiger partial charge in [0.25, 0.3) is 0 Å². The molecule has 0 amide bonds. The Morgan fingerprint density at radius 3 is 2.29 bits per heavy atom. The lowest BCUT2D eigenvalue weighted by atomic mass is 10.3. The summed E-state index contributed by atoms with van der Waals surface area (Å²) in [6.45, 7) is 0. The largest absolute Gasteiger partial charge is 0.526 e. The van der Waals surface area contributed by atoms with Gasteiger partial charge in [0.05, 0.1) is 21.1 Å². The van der Waals surface area contributed by atoms with E-state index in [9.17, 15) is 9.13 Å². The van der Waals surface area contributed by atoms with Crippen LogP contribution in [0.1, 0.15) is 5.82 Å². The van der Waals surface area contributed by atoms with E-state index in [1.807, 2.05) is 0 Å². The summed E-state index contributed by atoms with van der Waals surface area (Å²) >= 11 is 17.2. The minimum absolute atomic E-state index is 0.0670. The predicted molar refractivity (Wildman–Crippen MR) is 104 cm³/mol. The third kappa shape index (κ3) is 3.13. The molecular formula is C12H16Cl2N5O2P2S+. The van der Waals surface area contributed by atoms with Crippen molar-refractivity contribution in [2.24, 2.45) is 5.73 Å². The summed E-state index contributed by atoms with van der Waals surface area (Å²) in [5.41, 5.74) is 6.57. The van der Waals surface area contributed by atoms with Gasteiger partial charge in [0.15, 0.2) is 5.82 Å². The summed E-state index contributed by atoms with van der Waals surface area (Å²) in [7, 11) is 0.339. The number of nitrogens with zero attached hydrogens (tertiary/aromatic N) is 4. The fourth-order valence-corrected chi connectivity index (χ4v) is 8.09. The van der Waals surface area contributed by atoms with Crippen molar-refractivity contribution in [3.8, 4) is 0 Å². The second-order valence-corrected chi connectivity index (χ2v) is 12.7. The van der Waals surface area contributed by atoms with Gasteiger partial charge in [0.1, 0.15) is 4.99 Å². The third-order valence-corrected chi connectivity index (χ3v) is 11.3. The topological polar surface area (TPSA) is 84.5 Å². The zero-order chi connectivity index (χ0) is 18.4. The average Bonchev–Trinajstić information content (AvgIpc) is 2.84. The van der Waals surface area contributed by atoms with Crippen molar-refractivity contribution in [2.45, 2.75) is 0 Å². The number of hydrogen-bond donors (Lipinski definition) is 1. The minimum atomic E-state index is -3.66. The second kappa shape index (κ2) is 6.96. The Morgan fingerprint density at radius 1 is 1.29 bits per heavy atom. The molecule has 0 aliphatic heterocycles. The molecule has 2 unspecified atom stereocenters. The monoisotopic (exact) mass is 426 g/mol. The van der Waals surface area contributed by atoms with Crippen molar-refractivity contribution < 1.29 is 9.13 Å². The van der Waals surface area contributed by atoms with E-state index < -0.39 is 14.8 Å². The van der Waals surface area contributed by atoms with E-state index in [0.717, 1.165) is 0 Å². The number of nitrogens with two attached hydrogens (primary N) is 1. The van der Waals surface area contributed by atoms with Crippen LogP contribution in [0.4, 0.5) is 0 Å². The summed E-state index contributed by atoms with van der Waals surface area (Å²) in [5.74, 6) is 0.0977. The third-order valence-electron chi connectivity index (χ3n) is 3.24. The van der Waals surface area contributed by atoms with Crippen molar-refractivity contribution >= 4 is 66.2 Å². The first-order valence-corrected chi connectivity index (χ1v) is 11.3. The molecule has 1 aromatic carbocycles. The van der Waals surface area contributed by atoms with E-state index in [1.54, 1.807) is 28.2 Å². The SMILES string of the molecule is CN(C)[P+](=O)P(=O)(N(C)C)n1c(C(N)=S)nc2cc(Cl)c(Cl)cc21. The highest BCUT2D eigenvalue weighted by atomic mass is 35.5. The van der Waals surface area contributed by atoms with Crippen LogP contribution in [0.2, 0.25) is 10.0 Å². The molecule has 2 rings (SSSR count). The molecule has 2 atom stereocenters. The molecule has 0 bridgehead atoms.